The van der Waals surface area contributed by atoms with Crippen molar-refractivity contribution >= 4 is 5.91 Å². The van der Waals surface area contributed by atoms with E-state index in [1.165, 1.54) is 5.56 Å². The first kappa shape index (κ1) is 18.6. The molecule has 27 heavy (non-hydrogen) atoms. The zero-order valence-corrected chi connectivity index (χ0v) is 16.3. The number of amides is 1. The van der Waals surface area contributed by atoms with Crippen molar-refractivity contribution < 1.29 is 19.0 Å². The number of rotatable bonds is 5. The van der Waals surface area contributed by atoms with E-state index in [-0.39, 0.29) is 23.5 Å². The lowest BCUT2D eigenvalue weighted by Crippen LogP contribution is -2.45. The monoisotopic (exact) mass is 374 g/mol. The highest BCUT2D eigenvalue weighted by molar-refractivity contribution is 5.77. The summed E-state index contributed by atoms with van der Waals surface area (Å²) in [6.45, 7) is 7.81. The number of carbonyl (C=O) groups is 1. The molecule has 1 aromatic carbocycles. The van der Waals surface area contributed by atoms with Crippen LogP contribution in [-0.2, 0) is 16.1 Å². The molecule has 4 rings (SSSR count). The summed E-state index contributed by atoms with van der Waals surface area (Å²) in [6.07, 6.45) is 4.43. The molecule has 1 amide bonds. The number of nitrogens with zero attached hydrogens (tertiary/aromatic N) is 1. The lowest BCUT2D eigenvalue weighted by Gasteiger charge is -2.39. The fourth-order valence-corrected chi connectivity index (χ4v) is 4.24. The smallest absolute Gasteiger partial charge is 0.231 e. The van der Waals surface area contributed by atoms with E-state index in [0.29, 0.717) is 13.3 Å². The van der Waals surface area contributed by atoms with Crippen molar-refractivity contribution in [1.82, 2.24) is 10.2 Å². The maximum atomic E-state index is 11.8. The molecule has 2 saturated heterocycles. The van der Waals surface area contributed by atoms with Gasteiger partial charge in [-0.1, -0.05) is 19.9 Å². The number of hydrogen-bond donors (Lipinski definition) is 1. The lowest BCUT2D eigenvalue weighted by molar-refractivity contribution is -0.125. The van der Waals surface area contributed by atoms with Crippen LogP contribution >= 0.6 is 0 Å². The third-order valence-corrected chi connectivity index (χ3v) is 5.98. The number of ether oxygens (including phenoxy) is 3. The lowest BCUT2D eigenvalue weighted by atomic mass is 9.88. The molecule has 1 N–H and O–H groups in total. The van der Waals surface area contributed by atoms with Crippen molar-refractivity contribution in [1.29, 1.82) is 0 Å². The van der Waals surface area contributed by atoms with Gasteiger partial charge in [0.25, 0.3) is 0 Å². The Bertz CT molecular complexity index is 683. The molecule has 0 radical (unpaired) electrons. The summed E-state index contributed by atoms with van der Waals surface area (Å²) in [5, 5.41) is 3.01. The van der Waals surface area contributed by atoms with Crippen LogP contribution in [0.2, 0.25) is 0 Å². The molecule has 0 aliphatic carbocycles. The third-order valence-electron chi connectivity index (χ3n) is 5.98. The topological polar surface area (TPSA) is 60.0 Å². The molecule has 148 valence electrons. The first-order valence-electron chi connectivity index (χ1n) is 10.1. The number of piperidine rings is 1. The van der Waals surface area contributed by atoms with Gasteiger partial charge < -0.3 is 19.5 Å². The van der Waals surface area contributed by atoms with E-state index in [0.717, 1.165) is 56.8 Å². The second kappa shape index (κ2) is 7.68. The van der Waals surface area contributed by atoms with Crippen molar-refractivity contribution in [3.05, 3.63) is 23.8 Å². The molecule has 2 fully saturated rings. The van der Waals surface area contributed by atoms with Gasteiger partial charge in [0.15, 0.2) is 11.5 Å². The SMILES string of the molecule is CC(C)C(=O)NCC1CCC2(CCN(Cc3ccc4c(c3)OCO4)CC2)O1. The quantitative estimate of drug-likeness (QED) is 0.859. The van der Waals surface area contributed by atoms with Crippen LogP contribution in [0.1, 0.15) is 45.1 Å². The second-order valence-corrected chi connectivity index (χ2v) is 8.33. The van der Waals surface area contributed by atoms with Crippen LogP contribution in [0, 0.1) is 5.92 Å². The van der Waals surface area contributed by atoms with Crippen LogP contribution in [-0.4, -0.2) is 48.9 Å². The summed E-state index contributed by atoms with van der Waals surface area (Å²) in [5.41, 5.74) is 1.27. The zero-order chi connectivity index (χ0) is 18.9. The fraction of sp³-hybridized carbons (Fsp3) is 0.667. The summed E-state index contributed by atoms with van der Waals surface area (Å²) in [6, 6.07) is 6.21. The van der Waals surface area contributed by atoms with Gasteiger partial charge in [-0.05, 0) is 43.4 Å². The molecule has 6 heteroatoms. The van der Waals surface area contributed by atoms with Gasteiger partial charge in [0.05, 0.1) is 11.7 Å². The minimum Gasteiger partial charge on any atom is -0.454 e. The van der Waals surface area contributed by atoms with Crippen molar-refractivity contribution in [2.45, 2.75) is 57.8 Å². The van der Waals surface area contributed by atoms with Crippen molar-refractivity contribution in [2.75, 3.05) is 26.4 Å². The second-order valence-electron chi connectivity index (χ2n) is 8.33. The molecular weight excluding hydrogens is 344 g/mol. The normalized spacial score (nSPS) is 23.9. The summed E-state index contributed by atoms with van der Waals surface area (Å²) < 4.78 is 17.3. The highest BCUT2D eigenvalue weighted by Gasteiger charge is 2.42. The summed E-state index contributed by atoms with van der Waals surface area (Å²) in [7, 11) is 0. The fourth-order valence-electron chi connectivity index (χ4n) is 4.24. The van der Waals surface area contributed by atoms with Gasteiger partial charge in [0.2, 0.25) is 12.7 Å². The largest absolute Gasteiger partial charge is 0.454 e. The molecular formula is C21H30N2O4. The maximum absolute atomic E-state index is 11.8. The number of carbonyl (C=O) groups excluding carboxylic acids is 1. The molecule has 0 aromatic heterocycles. The number of hydrogen-bond acceptors (Lipinski definition) is 5. The first-order chi connectivity index (χ1) is 13.0. The molecule has 1 unspecified atom stereocenters. The average molecular weight is 374 g/mol. The standard InChI is InChI=1S/C21H30N2O4/c1-15(2)20(24)22-12-17-5-6-21(27-17)7-9-23(10-8-21)13-16-3-4-18-19(11-16)26-14-25-18/h3-4,11,15,17H,5-10,12-14H2,1-2H3,(H,22,24). The van der Waals surface area contributed by atoms with Crippen molar-refractivity contribution in [3.8, 4) is 11.5 Å². The third kappa shape index (κ3) is 4.22. The van der Waals surface area contributed by atoms with Crippen LogP contribution < -0.4 is 14.8 Å². The molecule has 6 nitrogen and oxygen atoms in total. The van der Waals surface area contributed by atoms with E-state index in [2.05, 4.69) is 22.3 Å². The van der Waals surface area contributed by atoms with Crippen LogP contribution in [0.15, 0.2) is 18.2 Å². The van der Waals surface area contributed by atoms with Gasteiger partial charge in [-0.3, -0.25) is 9.69 Å². The first-order valence-corrected chi connectivity index (χ1v) is 10.1. The summed E-state index contributed by atoms with van der Waals surface area (Å²) >= 11 is 0. The number of likely N-dealkylation sites (tertiary alicyclic amines) is 1. The minimum atomic E-state index is 0.0125. The highest BCUT2D eigenvalue weighted by Crippen LogP contribution is 2.39. The minimum absolute atomic E-state index is 0.0125. The summed E-state index contributed by atoms with van der Waals surface area (Å²) in [4.78, 5) is 14.3. The molecule has 1 aromatic rings. The van der Waals surface area contributed by atoms with Crippen molar-refractivity contribution in [2.24, 2.45) is 5.92 Å². The molecule has 3 aliphatic rings. The van der Waals surface area contributed by atoms with Crippen molar-refractivity contribution in [3.63, 3.8) is 0 Å². The van der Waals surface area contributed by atoms with Gasteiger partial charge in [-0.25, -0.2) is 0 Å². The highest BCUT2D eigenvalue weighted by atomic mass is 16.7. The maximum Gasteiger partial charge on any atom is 0.231 e. The molecule has 1 spiro atoms. The van der Waals surface area contributed by atoms with E-state index in [1.807, 2.05) is 19.9 Å². The van der Waals surface area contributed by atoms with Crippen LogP contribution in [0.5, 0.6) is 11.5 Å². The molecule has 1 atom stereocenters. The Balaban J connectivity index is 1.25. The van der Waals surface area contributed by atoms with Gasteiger partial charge in [-0.15, -0.1) is 0 Å². The van der Waals surface area contributed by atoms with Gasteiger partial charge >= 0.3 is 0 Å². The van der Waals surface area contributed by atoms with E-state index in [9.17, 15) is 4.79 Å². The number of nitrogens with one attached hydrogen (secondary N) is 1. The Hall–Kier alpha value is -1.79. The van der Waals surface area contributed by atoms with Crippen LogP contribution in [0.4, 0.5) is 0 Å². The van der Waals surface area contributed by atoms with Gasteiger partial charge in [-0.2, -0.15) is 0 Å². The Morgan fingerprint density at radius 3 is 2.78 bits per heavy atom. The van der Waals surface area contributed by atoms with Crippen LogP contribution in [0.25, 0.3) is 0 Å². The van der Waals surface area contributed by atoms with Gasteiger partial charge in [0.1, 0.15) is 0 Å². The zero-order valence-electron chi connectivity index (χ0n) is 16.3. The van der Waals surface area contributed by atoms with Crippen LogP contribution in [0.3, 0.4) is 0 Å². The van der Waals surface area contributed by atoms with Gasteiger partial charge in [0, 0.05) is 32.1 Å². The Morgan fingerprint density at radius 2 is 2.00 bits per heavy atom. The molecule has 3 aliphatic heterocycles. The average Bonchev–Trinajstić information content (AvgIpc) is 3.28. The predicted octanol–water partition coefficient (Wildman–Crippen LogP) is 2.70. The van der Waals surface area contributed by atoms with E-state index in [4.69, 9.17) is 14.2 Å². The number of fused-ring (bicyclic) bond motifs is 1. The van der Waals surface area contributed by atoms with E-state index < -0.39 is 0 Å². The van der Waals surface area contributed by atoms with E-state index >= 15 is 0 Å². The Kier molecular flexibility index (Phi) is 5.28. The van der Waals surface area contributed by atoms with E-state index in [1.54, 1.807) is 0 Å². The predicted molar refractivity (Wildman–Crippen MR) is 102 cm³/mol. The Morgan fingerprint density at radius 1 is 1.22 bits per heavy atom. The number of benzene rings is 1. The molecule has 0 saturated carbocycles. The molecule has 0 bridgehead atoms. The Labute approximate surface area is 161 Å². The summed E-state index contributed by atoms with van der Waals surface area (Å²) in [5.74, 6) is 1.83. The molecule has 3 heterocycles.